The van der Waals surface area contributed by atoms with Crippen LogP contribution in [0.25, 0.3) is 0 Å². The predicted octanol–water partition coefficient (Wildman–Crippen LogP) is 1.43. The van der Waals surface area contributed by atoms with E-state index in [0.29, 0.717) is 17.0 Å². The molecule has 1 aromatic carbocycles. The van der Waals surface area contributed by atoms with Crippen molar-refractivity contribution >= 4 is 0 Å². The van der Waals surface area contributed by atoms with Crippen LogP contribution < -0.4 is 16.0 Å². The molecule has 0 bridgehead atoms. The van der Waals surface area contributed by atoms with Crippen molar-refractivity contribution in [1.29, 1.82) is 0 Å². The van der Waals surface area contributed by atoms with Gasteiger partial charge in [-0.15, -0.1) is 0 Å². The number of hydrogen-bond donors (Lipinski definition) is 2. The number of methoxy groups -OCH3 is 1. The van der Waals surface area contributed by atoms with E-state index in [4.69, 9.17) is 10.6 Å². The summed E-state index contributed by atoms with van der Waals surface area (Å²) in [5.74, 6) is 5.83. The van der Waals surface area contributed by atoms with Gasteiger partial charge in [-0.05, 0) is 18.6 Å². The minimum absolute atomic E-state index is 0.314. The molecular weight excluding hydrogens is 247 g/mol. The third-order valence-electron chi connectivity index (χ3n) is 3.08. The van der Waals surface area contributed by atoms with Gasteiger partial charge in [-0.25, -0.2) is 9.82 Å². The Bertz CT molecular complexity index is 582. The number of rotatable bonds is 4. The van der Waals surface area contributed by atoms with Gasteiger partial charge in [-0.1, -0.05) is 12.1 Å². The van der Waals surface area contributed by atoms with Crippen LogP contribution in [0.5, 0.6) is 5.75 Å². The number of aromatic nitrogens is 2. The van der Waals surface area contributed by atoms with Gasteiger partial charge in [0.2, 0.25) is 0 Å². The van der Waals surface area contributed by atoms with Crippen molar-refractivity contribution in [1.82, 2.24) is 15.2 Å². The summed E-state index contributed by atoms with van der Waals surface area (Å²) in [5, 5.41) is 4.10. The first kappa shape index (κ1) is 13.5. The van der Waals surface area contributed by atoms with Crippen molar-refractivity contribution in [2.75, 3.05) is 7.11 Å². The van der Waals surface area contributed by atoms with Crippen molar-refractivity contribution in [3.63, 3.8) is 0 Å². The zero-order valence-electron chi connectivity index (χ0n) is 11.1. The molecule has 0 radical (unpaired) electrons. The molecular formula is C13H17FN4O. The van der Waals surface area contributed by atoms with Crippen molar-refractivity contribution in [2.24, 2.45) is 12.9 Å². The lowest BCUT2D eigenvalue weighted by molar-refractivity contribution is 0.400. The normalized spacial score (nSPS) is 12.5. The highest BCUT2D eigenvalue weighted by Crippen LogP contribution is 2.30. The summed E-state index contributed by atoms with van der Waals surface area (Å²) < 4.78 is 20.9. The van der Waals surface area contributed by atoms with Crippen molar-refractivity contribution in [2.45, 2.75) is 13.0 Å². The van der Waals surface area contributed by atoms with Gasteiger partial charge in [0.25, 0.3) is 0 Å². The van der Waals surface area contributed by atoms with Gasteiger partial charge in [0.05, 0.1) is 19.3 Å². The SMILES string of the molecule is COc1cnn(C)c1C(NN)c1ccc(C)cc1F. The molecule has 2 aromatic rings. The van der Waals surface area contributed by atoms with E-state index in [9.17, 15) is 4.39 Å². The zero-order chi connectivity index (χ0) is 14.0. The number of nitrogens with two attached hydrogens (primary N) is 1. The Morgan fingerprint density at radius 3 is 2.79 bits per heavy atom. The smallest absolute Gasteiger partial charge is 0.161 e. The highest BCUT2D eigenvalue weighted by atomic mass is 19.1. The Balaban J connectivity index is 2.52. The molecule has 0 aliphatic carbocycles. The van der Waals surface area contributed by atoms with Crippen molar-refractivity contribution in [3.05, 3.63) is 47.0 Å². The van der Waals surface area contributed by atoms with Gasteiger partial charge < -0.3 is 4.74 Å². The van der Waals surface area contributed by atoms with Crippen LogP contribution in [0.1, 0.15) is 22.9 Å². The maximum atomic E-state index is 14.1. The molecule has 0 fully saturated rings. The highest BCUT2D eigenvalue weighted by Gasteiger charge is 2.23. The second-order valence-electron chi connectivity index (χ2n) is 4.35. The number of hydrogen-bond acceptors (Lipinski definition) is 4. The first-order valence-corrected chi connectivity index (χ1v) is 5.86. The van der Waals surface area contributed by atoms with Gasteiger partial charge in [-0.2, -0.15) is 5.10 Å². The minimum atomic E-state index is -0.525. The lowest BCUT2D eigenvalue weighted by Crippen LogP contribution is -2.31. The van der Waals surface area contributed by atoms with Gasteiger partial charge in [0.1, 0.15) is 11.5 Å². The average molecular weight is 264 g/mol. The lowest BCUT2D eigenvalue weighted by atomic mass is 10.0. The molecule has 0 aliphatic heterocycles. The largest absolute Gasteiger partial charge is 0.493 e. The Hall–Kier alpha value is -1.92. The van der Waals surface area contributed by atoms with Crippen LogP contribution in [0.4, 0.5) is 4.39 Å². The van der Waals surface area contributed by atoms with Gasteiger partial charge in [0, 0.05) is 12.6 Å². The average Bonchev–Trinajstić information content (AvgIpc) is 2.74. The monoisotopic (exact) mass is 264 g/mol. The molecule has 1 aromatic heterocycles. The quantitative estimate of drug-likeness (QED) is 0.647. The van der Waals surface area contributed by atoms with Crippen LogP contribution >= 0.6 is 0 Å². The fraction of sp³-hybridized carbons (Fsp3) is 0.308. The zero-order valence-corrected chi connectivity index (χ0v) is 11.1. The van der Waals surface area contributed by atoms with E-state index in [2.05, 4.69) is 10.5 Å². The van der Waals surface area contributed by atoms with E-state index in [1.165, 1.54) is 6.07 Å². The Kier molecular flexibility index (Phi) is 3.82. The number of nitrogens with one attached hydrogen (secondary N) is 1. The highest BCUT2D eigenvalue weighted by molar-refractivity contribution is 5.37. The van der Waals surface area contributed by atoms with Crippen LogP contribution in [-0.2, 0) is 7.05 Å². The number of halogens is 1. The van der Waals surface area contributed by atoms with Crippen LogP contribution in [0.15, 0.2) is 24.4 Å². The summed E-state index contributed by atoms with van der Waals surface area (Å²) in [6.45, 7) is 1.84. The second kappa shape index (κ2) is 5.38. The van der Waals surface area contributed by atoms with E-state index < -0.39 is 6.04 Å². The fourth-order valence-electron chi connectivity index (χ4n) is 2.10. The number of nitrogens with zero attached hydrogens (tertiary/aromatic N) is 2. The second-order valence-corrected chi connectivity index (χ2v) is 4.35. The summed E-state index contributed by atoms with van der Waals surface area (Å²) in [4.78, 5) is 0. The van der Waals surface area contributed by atoms with Crippen LogP contribution in [0.2, 0.25) is 0 Å². The fourth-order valence-corrected chi connectivity index (χ4v) is 2.10. The van der Waals surface area contributed by atoms with E-state index in [-0.39, 0.29) is 5.82 Å². The minimum Gasteiger partial charge on any atom is -0.493 e. The van der Waals surface area contributed by atoms with Crippen molar-refractivity contribution in [3.8, 4) is 5.75 Å². The Labute approximate surface area is 111 Å². The molecule has 0 amide bonds. The topological polar surface area (TPSA) is 65.1 Å². The lowest BCUT2D eigenvalue weighted by Gasteiger charge is -2.19. The molecule has 0 aliphatic rings. The van der Waals surface area contributed by atoms with Gasteiger partial charge in [-0.3, -0.25) is 10.5 Å². The molecule has 0 spiro atoms. The Morgan fingerprint density at radius 1 is 1.47 bits per heavy atom. The molecule has 6 heteroatoms. The standard InChI is InChI=1S/C13H17FN4O/c1-8-4-5-9(10(14)6-8)12(17-15)13-11(19-3)7-16-18(13)2/h4-7,12,17H,15H2,1-3H3. The van der Waals surface area contributed by atoms with Crippen molar-refractivity contribution < 1.29 is 9.13 Å². The number of aryl methyl sites for hydroxylation is 2. The molecule has 102 valence electrons. The van der Waals surface area contributed by atoms with E-state index in [0.717, 1.165) is 5.56 Å². The first-order valence-electron chi connectivity index (χ1n) is 5.86. The molecule has 1 atom stereocenters. The maximum absolute atomic E-state index is 14.1. The summed E-state index contributed by atoms with van der Waals surface area (Å²) in [6, 6.07) is 4.50. The van der Waals surface area contributed by atoms with Gasteiger partial charge in [0.15, 0.2) is 5.75 Å². The molecule has 2 rings (SSSR count). The maximum Gasteiger partial charge on any atom is 0.161 e. The Morgan fingerprint density at radius 2 is 2.21 bits per heavy atom. The molecule has 19 heavy (non-hydrogen) atoms. The summed E-state index contributed by atoms with van der Waals surface area (Å²) in [7, 11) is 3.30. The van der Waals surface area contributed by atoms with Crippen LogP contribution in [0.3, 0.4) is 0 Å². The van der Waals surface area contributed by atoms with Crippen LogP contribution in [0, 0.1) is 12.7 Å². The molecule has 0 saturated carbocycles. The number of hydrazine groups is 1. The van der Waals surface area contributed by atoms with E-state index in [1.807, 2.05) is 13.0 Å². The number of ether oxygens (including phenoxy) is 1. The molecule has 0 saturated heterocycles. The number of benzene rings is 1. The first-order chi connectivity index (χ1) is 9.08. The predicted molar refractivity (Wildman–Crippen MR) is 70.1 cm³/mol. The van der Waals surface area contributed by atoms with Gasteiger partial charge >= 0.3 is 0 Å². The molecule has 3 N–H and O–H groups in total. The summed E-state index contributed by atoms with van der Waals surface area (Å²) in [5.41, 5.74) is 4.60. The summed E-state index contributed by atoms with van der Waals surface area (Å²) in [6.07, 6.45) is 1.58. The molecule has 5 nitrogen and oxygen atoms in total. The van der Waals surface area contributed by atoms with E-state index in [1.54, 1.807) is 31.1 Å². The molecule has 1 heterocycles. The third kappa shape index (κ3) is 2.45. The van der Waals surface area contributed by atoms with E-state index >= 15 is 0 Å². The summed E-state index contributed by atoms with van der Waals surface area (Å²) >= 11 is 0. The third-order valence-corrected chi connectivity index (χ3v) is 3.08. The van der Waals surface area contributed by atoms with Crippen LogP contribution in [-0.4, -0.2) is 16.9 Å². The molecule has 1 unspecified atom stereocenters.